The van der Waals surface area contributed by atoms with E-state index in [4.69, 9.17) is 4.74 Å². The Morgan fingerprint density at radius 3 is 2.47 bits per heavy atom. The van der Waals surface area contributed by atoms with Crippen LogP contribution < -0.4 is 0 Å². The minimum atomic E-state index is -0.0858. The van der Waals surface area contributed by atoms with Gasteiger partial charge in [-0.1, -0.05) is 0 Å². The average molecular weight is 212 g/mol. The van der Waals surface area contributed by atoms with Gasteiger partial charge in [-0.05, 0) is 19.8 Å². The molecule has 0 amide bonds. The quantitative estimate of drug-likeness (QED) is 0.629. The SMILES string of the molecule is CCOC(=O)CN1CCN(C2CC2)CC1. The van der Waals surface area contributed by atoms with Crippen molar-refractivity contribution < 1.29 is 9.53 Å². The molecule has 0 aromatic carbocycles. The minimum absolute atomic E-state index is 0.0858. The molecule has 1 saturated heterocycles. The second-order valence-electron chi connectivity index (χ2n) is 4.35. The summed E-state index contributed by atoms with van der Waals surface area (Å²) in [6, 6.07) is 0.856. The molecule has 15 heavy (non-hydrogen) atoms. The van der Waals surface area contributed by atoms with Crippen molar-refractivity contribution in [3.05, 3.63) is 0 Å². The summed E-state index contributed by atoms with van der Waals surface area (Å²) in [4.78, 5) is 16.0. The maximum absolute atomic E-state index is 11.3. The number of hydrogen-bond donors (Lipinski definition) is 0. The van der Waals surface area contributed by atoms with E-state index in [0.29, 0.717) is 13.2 Å². The van der Waals surface area contributed by atoms with Crippen LogP contribution in [0.5, 0.6) is 0 Å². The molecule has 1 aliphatic heterocycles. The van der Waals surface area contributed by atoms with E-state index in [1.165, 1.54) is 12.8 Å². The van der Waals surface area contributed by atoms with Gasteiger partial charge in [0.1, 0.15) is 0 Å². The average Bonchev–Trinajstić information content (AvgIpc) is 3.03. The molecule has 1 aliphatic carbocycles. The van der Waals surface area contributed by atoms with Gasteiger partial charge < -0.3 is 4.74 Å². The molecule has 0 N–H and O–H groups in total. The normalized spacial score (nSPS) is 24.1. The molecule has 4 heteroatoms. The van der Waals surface area contributed by atoms with E-state index < -0.39 is 0 Å². The Hall–Kier alpha value is -0.610. The number of hydrogen-bond acceptors (Lipinski definition) is 4. The fraction of sp³-hybridized carbons (Fsp3) is 0.909. The van der Waals surface area contributed by atoms with Gasteiger partial charge in [0.25, 0.3) is 0 Å². The zero-order valence-corrected chi connectivity index (χ0v) is 9.45. The van der Waals surface area contributed by atoms with Crippen molar-refractivity contribution in [2.45, 2.75) is 25.8 Å². The van der Waals surface area contributed by atoms with E-state index in [0.717, 1.165) is 32.2 Å². The summed E-state index contributed by atoms with van der Waals surface area (Å²) in [6.07, 6.45) is 2.75. The van der Waals surface area contributed by atoms with Crippen molar-refractivity contribution in [1.29, 1.82) is 0 Å². The number of carbonyl (C=O) groups excluding carboxylic acids is 1. The van der Waals surface area contributed by atoms with Crippen LogP contribution in [-0.4, -0.2) is 61.1 Å². The number of piperazine rings is 1. The summed E-state index contributed by atoms with van der Waals surface area (Å²) in [7, 11) is 0. The number of esters is 1. The van der Waals surface area contributed by atoms with Crippen LogP contribution in [0.2, 0.25) is 0 Å². The summed E-state index contributed by atoms with van der Waals surface area (Å²) >= 11 is 0. The molecule has 0 aromatic rings. The van der Waals surface area contributed by atoms with Gasteiger partial charge in [-0.25, -0.2) is 0 Å². The maximum atomic E-state index is 11.3. The van der Waals surface area contributed by atoms with Crippen LogP contribution in [0.3, 0.4) is 0 Å². The van der Waals surface area contributed by atoms with E-state index in [1.807, 2.05) is 6.92 Å². The third kappa shape index (κ3) is 3.18. The smallest absolute Gasteiger partial charge is 0.320 e. The molecule has 4 nitrogen and oxygen atoms in total. The van der Waals surface area contributed by atoms with Gasteiger partial charge in [0.15, 0.2) is 0 Å². The van der Waals surface area contributed by atoms with Crippen LogP contribution >= 0.6 is 0 Å². The van der Waals surface area contributed by atoms with Crippen molar-refractivity contribution in [2.75, 3.05) is 39.3 Å². The Morgan fingerprint density at radius 1 is 1.27 bits per heavy atom. The largest absolute Gasteiger partial charge is 0.465 e. The summed E-state index contributed by atoms with van der Waals surface area (Å²) in [6.45, 7) is 7.05. The van der Waals surface area contributed by atoms with Crippen molar-refractivity contribution in [2.24, 2.45) is 0 Å². The highest BCUT2D eigenvalue weighted by Gasteiger charge is 2.31. The Balaban J connectivity index is 1.66. The first kappa shape index (κ1) is 10.9. The predicted molar refractivity (Wildman–Crippen MR) is 57.7 cm³/mol. The molecule has 1 saturated carbocycles. The van der Waals surface area contributed by atoms with Gasteiger partial charge in [-0.15, -0.1) is 0 Å². The van der Waals surface area contributed by atoms with Crippen molar-refractivity contribution in [3.63, 3.8) is 0 Å². The predicted octanol–water partition coefficient (Wildman–Crippen LogP) is 0.329. The molecule has 0 unspecified atom stereocenters. The Kier molecular flexibility index (Phi) is 3.59. The van der Waals surface area contributed by atoms with Gasteiger partial charge in [-0.2, -0.15) is 0 Å². The maximum Gasteiger partial charge on any atom is 0.320 e. The van der Waals surface area contributed by atoms with E-state index in [9.17, 15) is 4.79 Å². The van der Waals surface area contributed by atoms with Gasteiger partial charge in [0.2, 0.25) is 0 Å². The Labute approximate surface area is 91.2 Å². The molecule has 1 heterocycles. The summed E-state index contributed by atoms with van der Waals surface area (Å²) in [5.74, 6) is -0.0858. The van der Waals surface area contributed by atoms with Gasteiger partial charge >= 0.3 is 5.97 Å². The molecule has 0 bridgehead atoms. The molecular formula is C11H20N2O2. The third-order valence-electron chi connectivity index (χ3n) is 3.13. The molecule has 86 valence electrons. The first-order valence-electron chi connectivity index (χ1n) is 5.91. The number of nitrogens with zero attached hydrogens (tertiary/aromatic N) is 2. The van der Waals surface area contributed by atoms with Crippen LogP contribution in [0.4, 0.5) is 0 Å². The van der Waals surface area contributed by atoms with Crippen LogP contribution in [0.25, 0.3) is 0 Å². The highest BCUT2D eigenvalue weighted by atomic mass is 16.5. The zero-order chi connectivity index (χ0) is 10.7. The van der Waals surface area contributed by atoms with Crippen LogP contribution in [0.1, 0.15) is 19.8 Å². The Bertz CT molecular complexity index is 221. The second-order valence-corrected chi connectivity index (χ2v) is 4.35. The van der Waals surface area contributed by atoms with Crippen LogP contribution in [0.15, 0.2) is 0 Å². The lowest BCUT2D eigenvalue weighted by molar-refractivity contribution is -0.144. The van der Waals surface area contributed by atoms with E-state index in [2.05, 4.69) is 9.80 Å². The zero-order valence-electron chi connectivity index (χ0n) is 9.45. The minimum Gasteiger partial charge on any atom is -0.465 e. The van der Waals surface area contributed by atoms with Crippen molar-refractivity contribution in [1.82, 2.24) is 9.80 Å². The van der Waals surface area contributed by atoms with E-state index in [-0.39, 0.29) is 5.97 Å². The molecule has 2 aliphatic rings. The van der Waals surface area contributed by atoms with Gasteiger partial charge in [0, 0.05) is 32.2 Å². The first-order chi connectivity index (χ1) is 7.29. The highest BCUT2D eigenvalue weighted by Crippen LogP contribution is 2.27. The molecule has 0 spiro atoms. The lowest BCUT2D eigenvalue weighted by Gasteiger charge is -2.34. The highest BCUT2D eigenvalue weighted by molar-refractivity contribution is 5.71. The van der Waals surface area contributed by atoms with Gasteiger partial charge in [-0.3, -0.25) is 14.6 Å². The lowest BCUT2D eigenvalue weighted by atomic mass is 10.3. The monoisotopic (exact) mass is 212 g/mol. The van der Waals surface area contributed by atoms with E-state index in [1.54, 1.807) is 0 Å². The third-order valence-corrected chi connectivity index (χ3v) is 3.13. The van der Waals surface area contributed by atoms with Crippen molar-refractivity contribution >= 4 is 5.97 Å². The lowest BCUT2D eigenvalue weighted by Crippen LogP contribution is -2.48. The van der Waals surface area contributed by atoms with Gasteiger partial charge in [0.05, 0.1) is 13.2 Å². The van der Waals surface area contributed by atoms with Crippen LogP contribution in [0, 0.1) is 0 Å². The van der Waals surface area contributed by atoms with Crippen molar-refractivity contribution in [3.8, 4) is 0 Å². The second kappa shape index (κ2) is 4.94. The topological polar surface area (TPSA) is 32.8 Å². The first-order valence-corrected chi connectivity index (χ1v) is 5.91. The molecule has 0 atom stereocenters. The summed E-state index contributed by atoms with van der Waals surface area (Å²) in [5, 5.41) is 0. The van der Waals surface area contributed by atoms with E-state index >= 15 is 0 Å². The molecular weight excluding hydrogens is 192 g/mol. The molecule has 2 fully saturated rings. The standard InChI is InChI=1S/C11H20N2O2/c1-2-15-11(14)9-12-5-7-13(8-6-12)10-3-4-10/h10H,2-9H2,1H3. The fourth-order valence-corrected chi connectivity index (χ4v) is 2.12. The number of rotatable bonds is 4. The summed E-state index contributed by atoms with van der Waals surface area (Å²) in [5.41, 5.74) is 0. The number of carbonyl (C=O) groups is 1. The number of ether oxygens (including phenoxy) is 1. The Morgan fingerprint density at radius 2 is 1.93 bits per heavy atom. The van der Waals surface area contributed by atoms with Crippen LogP contribution in [-0.2, 0) is 9.53 Å². The molecule has 0 aromatic heterocycles. The fourth-order valence-electron chi connectivity index (χ4n) is 2.12. The molecule has 0 radical (unpaired) electrons. The molecule has 2 rings (SSSR count). The summed E-state index contributed by atoms with van der Waals surface area (Å²) < 4.78 is 4.94.